The van der Waals surface area contributed by atoms with Crippen LogP contribution in [-0.2, 0) is 30.4 Å². The number of carbonyl (C=O) groups excluding carboxylic acids is 5. The quantitative estimate of drug-likeness (QED) is 0.324. The van der Waals surface area contributed by atoms with E-state index in [1.54, 1.807) is 27.7 Å². The third-order valence-electron chi connectivity index (χ3n) is 7.09. The summed E-state index contributed by atoms with van der Waals surface area (Å²) in [7, 11) is 0. The number of benzene rings is 1. The lowest BCUT2D eigenvalue weighted by atomic mass is 9.97. The highest BCUT2D eigenvalue weighted by atomic mass is 16.2. The molecule has 0 unspecified atom stereocenters. The average molecular weight is 572 g/mol. The van der Waals surface area contributed by atoms with Crippen LogP contribution in [0.1, 0.15) is 73.8 Å². The minimum Gasteiger partial charge on any atom is -0.343 e. The molecule has 0 radical (unpaired) electrons. The van der Waals surface area contributed by atoms with Gasteiger partial charge in [0.15, 0.2) is 0 Å². The molecule has 228 valence electrons. The molecule has 0 bridgehead atoms. The lowest BCUT2D eigenvalue weighted by Crippen LogP contribution is -2.59. The van der Waals surface area contributed by atoms with Gasteiger partial charge in [0.25, 0.3) is 0 Å². The first-order valence-electron chi connectivity index (χ1n) is 14.7. The topological polar surface area (TPSA) is 146 Å². The fraction of sp³-hybridized carbons (Fsp3) is 0.645. The Morgan fingerprint density at radius 1 is 0.512 bits per heavy atom. The Balaban J connectivity index is 2.58. The van der Waals surface area contributed by atoms with Crippen LogP contribution in [0.25, 0.3) is 0 Å². The molecule has 10 heteroatoms. The predicted molar refractivity (Wildman–Crippen MR) is 158 cm³/mol. The van der Waals surface area contributed by atoms with Gasteiger partial charge < -0.3 is 26.6 Å². The van der Waals surface area contributed by atoms with Crippen molar-refractivity contribution in [2.75, 3.05) is 0 Å². The van der Waals surface area contributed by atoms with E-state index in [0.29, 0.717) is 12.8 Å². The second kappa shape index (κ2) is 15.5. The molecule has 10 nitrogen and oxygen atoms in total. The molecule has 0 saturated carbocycles. The van der Waals surface area contributed by atoms with E-state index in [1.165, 1.54) is 0 Å². The molecular weight excluding hydrogens is 522 g/mol. The van der Waals surface area contributed by atoms with Crippen molar-refractivity contribution in [3.8, 4) is 0 Å². The molecule has 1 aromatic carbocycles. The molecule has 1 saturated heterocycles. The molecular formula is C31H49N5O5. The molecule has 0 aliphatic carbocycles. The SMILES string of the molecule is CC(C)C[C@@H]1NC(=O)[C@H](C(C)C)NC(=O)[C@H](CC(C)C)NC(=O)[C@@H](C(C)C)NC(=O)[C@H](Cc2ccccc2)NC1=O. The fourth-order valence-corrected chi connectivity index (χ4v) is 4.84. The van der Waals surface area contributed by atoms with Crippen LogP contribution in [0.5, 0.6) is 0 Å². The molecule has 1 aliphatic heterocycles. The molecule has 41 heavy (non-hydrogen) atoms. The maximum absolute atomic E-state index is 13.6. The van der Waals surface area contributed by atoms with Gasteiger partial charge in [0.05, 0.1) is 0 Å². The second-order valence-electron chi connectivity index (χ2n) is 12.6. The van der Waals surface area contributed by atoms with E-state index in [1.807, 2.05) is 58.0 Å². The van der Waals surface area contributed by atoms with Crippen molar-refractivity contribution in [1.82, 2.24) is 26.6 Å². The Bertz CT molecular complexity index is 1060. The van der Waals surface area contributed by atoms with Gasteiger partial charge in [-0.15, -0.1) is 0 Å². The summed E-state index contributed by atoms with van der Waals surface area (Å²) in [5.41, 5.74) is 0.826. The summed E-state index contributed by atoms with van der Waals surface area (Å²) in [5.74, 6) is -2.98. The average Bonchev–Trinajstić information content (AvgIpc) is 2.87. The van der Waals surface area contributed by atoms with Gasteiger partial charge in [0, 0.05) is 6.42 Å². The van der Waals surface area contributed by atoms with E-state index in [4.69, 9.17) is 0 Å². The summed E-state index contributed by atoms with van der Waals surface area (Å²) >= 11 is 0. The largest absolute Gasteiger partial charge is 0.343 e. The molecule has 5 N–H and O–H groups in total. The van der Waals surface area contributed by atoms with Crippen LogP contribution in [0.3, 0.4) is 0 Å². The zero-order valence-electron chi connectivity index (χ0n) is 25.7. The Morgan fingerprint density at radius 2 is 0.878 bits per heavy atom. The number of carbonyl (C=O) groups is 5. The number of rotatable bonds is 8. The van der Waals surface area contributed by atoms with Gasteiger partial charge in [-0.25, -0.2) is 0 Å². The molecule has 0 spiro atoms. The fourth-order valence-electron chi connectivity index (χ4n) is 4.84. The van der Waals surface area contributed by atoms with E-state index in [0.717, 1.165) is 5.56 Å². The Kier molecular flexibility index (Phi) is 12.8. The normalized spacial score (nSPS) is 25.3. The van der Waals surface area contributed by atoms with Crippen LogP contribution in [0.4, 0.5) is 0 Å². The molecule has 2 rings (SSSR count). The summed E-state index contributed by atoms with van der Waals surface area (Å²) in [5, 5.41) is 14.1. The Morgan fingerprint density at radius 3 is 1.27 bits per heavy atom. The number of amides is 5. The van der Waals surface area contributed by atoms with Crippen molar-refractivity contribution in [2.45, 2.75) is 105 Å². The first-order valence-corrected chi connectivity index (χ1v) is 14.7. The van der Waals surface area contributed by atoms with Crippen molar-refractivity contribution in [3.63, 3.8) is 0 Å². The first kappa shape index (κ1) is 33.8. The van der Waals surface area contributed by atoms with Gasteiger partial charge in [-0.2, -0.15) is 0 Å². The second-order valence-corrected chi connectivity index (χ2v) is 12.6. The van der Waals surface area contributed by atoms with Crippen LogP contribution in [0.15, 0.2) is 30.3 Å². The third kappa shape index (κ3) is 10.5. The molecule has 5 amide bonds. The standard InChI is InChI=1S/C31H49N5O5/c1-17(2)14-22-27(37)32-24(16-21-12-10-9-11-13-21)29(39)36-26(20(7)8)31(41)34-23(15-18(3)4)28(38)35-25(19(5)6)30(40)33-22/h9-13,17-20,22-26H,14-16H2,1-8H3,(H,32,37)(H,33,40)(H,34,41)(H,35,38)(H,36,39)/t22-,23-,24-,25-,26+/m0/s1. The first-order chi connectivity index (χ1) is 19.2. The zero-order chi connectivity index (χ0) is 30.9. The minimum absolute atomic E-state index is 0.0594. The Labute approximate surface area is 244 Å². The van der Waals surface area contributed by atoms with Gasteiger partial charge in [-0.3, -0.25) is 24.0 Å². The number of hydrogen-bond donors (Lipinski definition) is 5. The molecule has 1 aromatic rings. The number of nitrogens with one attached hydrogen (secondary N) is 5. The van der Waals surface area contributed by atoms with E-state index < -0.39 is 59.7 Å². The smallest absolute Gasteiger partial charge is 0.243 e. The molecule has 1 aliphatic rings. The van der Waals surface area contributed by atoms with E-state index in [2.05, 4.69) is 26.6 Å². The molecule has 0 aromatic heterocycles. The molecule has 5 atom stereocenters. The van der Waals surface area contributed by atoms with Crippen LogP contribution in [-0.4, -0.2) is 59.7 Å². The summed E-state index contributed by atoms with van der Waals surface area (Å²) in [6, 6.07) is 4.56. The summed E-state index contributed by atoms with van der Waals surface area (Å²) in [6.45, 7) is 15.0. The highest BCUT2D eigenvalue weighted by Gasteiger charge is 2.36. The third-order valence-corrected chi connectivity index (χ3v) is 7.09. The van der Waals surface area contributed by atoms with Crippen LogP contribution in [0.2, 0.25) is 0 Å². The molecule has 1 heterocycles. The van der Waals surface area contributed by atoms with Gasteiger partial charge in [-0.1, -0.05) is 85.7 Å². The maximum Gasteiger partial charge on any atom is 0.243 e. The Hall–Kier alpha value is -3.43. The van der Waals surface area contributed by atoms with Crippen LogP contribution in [0, 0.1) is 23.7 Å². The van der Waals surface area contributed by atoms with Crippen LogP contribution >= 0.6 is 0 Å². The van der Waals surface area contributed by atoms with Gasteiger partial charge in [-0.05, 0) is 42.1 Å². The van der Waals surface area contributed by atoms with Crippen molar-refractivity contribution < 1.29 is 24.0 Å². The zero-order valence-corrected chi connectivity index (χ0v) is 25.7. The van der Waals surface area contributed by atoms with Crippen LogP contribution < -0.4 is 26.6 Å². The summed E-state index contributed by atoms with van der Waals surface area (Å²) < 4.78 is 0. The van der Waals surface area contributed by atoms with Crippen molar-refractivity contribution >= 4 is 29.5 Å². The predicted octanol–water partition coefficient (Wildman–Crippen LogP) is 2.07. The highest BCUT2D eigenvalue weighted by Crippen LogP contribution is 2.13. The maximum atomic E-state index is 13.6. The van der Waals surface area contributed by atoms with Gasteiger partial charge in [0.2, 0.25) is 29.5 Å². The highest BCUT2D eigenvalue weighted by molar-refractivity contribution is 5.98. The van der Waals surface area contributed by atoms with Crippen molar-refractivity contribution in [3.05, 3.63) is 35.9 Å². The van der Waals surface area contributed by atoms with Crippen molar-refractivity contribution in [2.24, 2.45) is 23.7 Å². The van der Waals surface area contributed by atoms with E-state index in [-0.39, 0.29) is 30.1 Å². The van der Waals surface area contributed by atoms with E-state index in [9.17, 15) is 24.0 Å². The summed E-state index contributed by atoms with van der Waals surface area (Å²) in [6.07, 6.45) is 0.869. The van der Waals surface area contributed by atoms with Crippen molar-refractivity contribution in [1.29, 1.82) is 0 Å². The van der Waals surface area contributed by atoms with E-state index >= 15 is 0 Å². The number of hydrogen-bond acceptors (Lipinski definition) is 5. The molecule has 1 fully saturated rings. The monoisotopic (exact) mass is 571 g/mol. The van der Waals surface area contributed by atoms with Gasteiger partial charge >= 0.3 is 0 Å². The summed E-state index contributed by atoms with van der Waals surface area (Å²) in [4.78, 5) is 67.7. The van der Waals surface area contributed by atoms with Gasteiger partial charge in [0.1, 0.15) is 30.2 Å². The minimum atomic E-state index is -0.997. The lowest BCUT2D eigenvalue weighted by Gasteiger charge is -2.29. The lowest BCUT2D eigenvalue weighted by molar-refractivity contribution is -0.135.